The quantitative estimate of drug-likeness (QED) is 0.538. The van der Waals surface area contributed by atoms with E-state index in [0.29, 0.717) is 13.1 Å². The van der Waals surface area contributed by atoms with Crippen LogP contribution in [-0.2, 0) is 9.59 Å². The predicted octanol–water partition coefficient (Wildman–Crippen LogP) is 3.79. The molecular weight excluding hydrogens is 370 g/mol. The van der Waals surface area contributed by atoms with E-state index in [0.717, 1.165) is 32.4 Å². The molecule has 1 unspecified atom stereocenters. The van der Waals surface area contributed by atoms with Crippen molar-refractivity contribution in [1.29, 1.82) is 0 Å². The molecule has 6 heteroatoms. The summed E-state index contributed by atoms with van der Waals surface area (Å²) in [6.45, 7) is 3.13. The number of likely N-dealkylation sites (tertiary alicyclic amines) is 1. The second-order valence-electron chi connectivity index (χ2n) is 7.85. The molecule has 1 aromatic heterocycles. The molecule has 1 saturated heterocycles. The topological polar surface area (TPSA) is 61.4 Å². The molecule has 0 radical (unpaired) electrons. The molecule has 2 heterocycles. The fourth-order valence-electron chi connectivity index (χ4n) is 4.15. The van der Waals surface area contributed by atoms with Gasteiger partial charge in [0.25, 0.3) is 0 Å². The second-order valence-corrected chi connectivity index (χ2v) is 8.63. The Labute approximate surface area is 172 Å². The third-order valence-electron chi connectivity index (χ3n) is 5.79. The molecule has 1 aliphatic heterocycles. The van der Waals surface area contributed by atoms with E-state index in [1.54, 1.807) is 11.3 Å². The van der Waals surface area contributed by atoms with E-state index in [1.807, 2.05) is 0 Å². The lowest BCUT2D eigenvalue weighted by Crippen LogP contribution is -2.44. The van der Waals surface area contributed by atoms with Crippen molar-refractivity contribution in [2.24, 2.45) is 0 Å². The Balaban J connectivity index is 1.47. The number of hydrogen-bond donors (Lipinski definition) is 2. The van der Waals surface area contributed by atoms with Crippen molar-refractivity contribution in [1.82, 2.24) is 15.5 Å². The second kappa shape index (κ2) is 11.4. The molecule has 1 aliphatic carbocycles. The molecule has 5 nitrogen and oxygen atoms in total. The largest absolute Gasteiger partial charge is 0.348 e. The maximum atomic E-state index is 12.3. The number of carbonyl (C=O) groups excluding carboxylic acids is 2. The van der Waals surface area contributed by atoms with Crippen LogP contribution in [0.3, 0.4) is 0 Å². The number of allylic oxidation sites excluding steroid dienone is 1. The fourth-order valence-corrected chi connectivity index (χ4v) is 4.85. The monoisotopic (exact) mass is 403 g/mol. The summed E-state index contributed by atoms with van der Waals surface area (Å²) in [5.41, 5.74) is 2.64. The lowest BCUT2D eigenvalue weighted by Gasteiger charge is -2.30. The van der Waals surface area contributed by atoms with Gasteiger partial charge in [0.1, 0.15) is 0 Å². The molecule has 0 bridgehead atoms. The van der Waals surface area contributed by atoms with Crippen LogP contribution in [0.15, 0.2) is 28.5 Å². The van der Waals surface area contributed by atoms with Crippen molar-refractivity contribution in [2.45, 2.75) is 63.8 Å². The van der Waals surface area contributed by atoms with E-state index in [4.69, 9.17) is 0 Å². The first-order valence-electron chi connectivity index (χ1n) is 10.7. The van der Waals surface area contributed by atoms with Crippen molar-refractivity contribution >= 4 is 23.2 Å². The van der Waals surface area contributed by atoms with Crippen LogP contribution in [0.1, 0.15) is 69.4 Å². The Morgan fingerprint density at radius 1 is 1.04 bits per heavy atom. The summed E-state index contributed by atoms with van der Waals surface area (Å²) in [5, 5.41) is 9.88. The standard InChI is InChI=1S/C22H33N3O2S/c26-21(23-12-10-18-8-4-3-5-9-18)22(27)24-16-20(19-11-15-28-17-19)25-13-6-1-2-7-14-25/h8,11,15,17,20H,1-7,9-10,12-14,16H2,(H,23,26)(H,24,27). The van der Waals surface area contributed by atoms with Gasteiger partial charge in [-0.1, -0.05) is 24.5 Å². The highest BCUT2D eigenvalue weighted by Gasteiger charge is 2.23. The predicted molar refractivity (Wildman–Crippen MR) is 114 cm³/mol. The summed E-state index contributed by atoms with van der Waals surface area (Å²) in [7, 11) is 0. The van der Waals surface area contributed by atoms with Crippen LogP contribution in [0.4, 0.5) is 0 Å². The van der Waals surface area contributed by atoms with Crippen molar-refractivity contribution < 1.29 is 9.59 Å². The van der Waals surface area contributed by atoms with Gasteiger partial charge in [0.2, 0.25) is 0 Å². The van der Waals surface area contributed by atoms with E-state index in [-0.39, 0.29) is 6.04 Å². The number of amides is 2. The summed E-state index contributed by atoms with van der Waals surface area (Å²) >= 11 is 1.68. The zero-order valence-electron chi connectivity index (χ0n) is 16.8. The van der Waals surface area contributed by atoms with Crippen LogP contribution < -0.4 is 10.6 Å². The van der Waals surface area contributed by atoms with E-state index < -0.39 is 11.8 Å². The van der Waals surface area contributed by atoms with Gasteiger partial charge in [0, 0.05) is 13.1 Å². The maximum Gasteiger partial charge on any atom is 0.309 e. The van der Waals surface area contributed by atoms with Gasteiger partial charge in [-0.3, -0.25) is 14.5 Å². The van der Waals surface area contributed by atoms with Gasteiger partial charge in [-0.25, -0.2) is 0 Å². The van der Waals surface area contributed by atoms with Crippen LogP contribution in [0.5, 0.6) is 0 Å². The summed E-state index contributed by atoms with van der Waals surface area (Å²) in [4.78, 5) is 26.9. The molecule has 1 aromatic rings. The zero-order valence-corrected chi connectivity index (χ0v) is 17.6. The summed E-state index contributed by atoms with van der Waals surface area (Å²) in [6, 6.07) is 2.28. The van der Waals surface area contributed by atoms with Gasteiger partial charge < -0.3 is 10.6 Å². The molecule has 2 amide bonds. The molecule has 1 fully saturated rings. The Kier molecular flexibility index (Phi) is 8.55. The summed E-state index contributed by atoms with van der Waals surface area (Å²) in [5.74, 6) is -1.04. The molecule has 2 N–H and O–H groups in total. The average molecular weight is 404 g/mol. The van der Waals surface area contributed by atoms with E-state index >= 15 is 0 Å². The van der Waals surface area contributed by atoms with Crippen molar-refractivity contribution in [3.05, 3.63) is 34.0 Å². The van der Waals surface area contributed by atoms with Gasteiger partial charge in [0.15, 0.2) is 0 Å². The van der Waals surface area contributed by atoms with Gasteiger partial charge in [-0.15, -0.1) is 0 Å². The van der Waals surface area contributed by atoms with Gasteiger partial charge in [-0.2, -0.15) is 11.3 Å². The number of thiophene rings is 1. The molecule has 2 aliphatic rings. The third-order valence-corrected chi connectivity index (χ3v) is 6.49. The smallest absolute Gasteiger partial charge is 0.309 e. The lowest BCUT2D eigenvalue weighted by molar-refractivity contribution is -0.139. The van der Waals surface area contributed by atoms with Crippen LogP contribution in [0.25, 0.3) is 0 Å². The lowest BCUT2D eigenvalue weighted by atomic mass is 9.97. The minimum atomic E-state index is -0.521. The van der Waals surface area contributed by atoms with Crippen LogP contribution in [0, 0.1) is 0 Å². The van der Waals surface area contributed by atoms with Crippen LogP contribution in [0.2, 0.25) is 0 Å². The Bertz CT molecular complexity index is 649. The van der Waals surface area contributed by atoms with E-state index in [2.05, 4.69) is 38.4 Å². The third kappa shape index (κ3) is 6.45. The SMILES string of the molecule is O=C(NCCC1=CCCCC1)C(=O)NCC(c1ccsc1)N1CCCCCC1. The fraction of sp³-hybridized carbons (Fsp3) is 0.636. The molecule has 0 saturated carbocycles. The highest BCUT2D eigenvalue weighted by molar-refractivity contribution is 7.08. The van der Waals surface area contributed by atoms with Crippen LogP contribution >= 0.6 is 11.3 Å². The van der Waals surface area contributed by atoms with Gasteiger partial charge in [0.05, 0.1) is 6.04 Å². The molecule has 0 spiro atoms. The molecule has 1 atom stereocenters. The molecule has 154 valence electrons. The minimum Gasteiger partial charge on any atom is -0.348 e. The highest BCUT2D eigenvalue weighted by Crippen LogP contribution is 2.25. The van der Waals surface area contributed by atoms with Gasteiger partial charge >= 0.3 is 11.8 Å². The summed E-state index contributed by atoms with van der Waals surface area (Å²) < 4.78 is 0. The molecule has 28 heavy (non-hydrogen) atoms. The Morgan fingerprint density at radius 3 is 2.50 bits per heavy atom. The first-order valence-corrected chi connectivity index (χ1v) is 11.7. The van der Waals surface area contributed by atoms with Crippen molar-refractivity contribution in [3.8, 4) is 0 Å². The number of hydrogen-bond acceptors (Lipinski definition) is 4. The summed E-state index contributed by atoms with van der Waals surface area (Å²) in [6.07, 6.45) is 12.9. The molecule has 0 aromatic carbocycles. The van der Waals surface area contributed by atoms with Gasteiger partial charge in [-0.05, 0) is 80.4 Å². The van der Waals surface area contributed by atoms with Crippen LogP contribution in [-0.4, -0.2) is 42.9 Å². The number of nitrogens with one attached hydrogen (secondary N) is 2. The normalized spacial score (nSPS) is 19.4. The molecule has 3 rings (SSSR count). The number of nitrogens with zero attached hydrogens (tertiary/aromatic N) is 1. The first-order chi connectivity index (χ1) is 13.7. The van der Waals surface area contributed by atoms with E-state index in [9.17, 15) is 9.59 Å². The highest BCUT2D eigenvalue weighted by atomic mass is 32.1. The van der Waals surface area contributed by atoms with Crippen molar-refractivity contribution in [3.63, 3.8) is 0 Å². The maximum absolute atomic E-state index is 12.3. The number of rotatable bonds is 7. The zero-order chi connectivity index (χ0) is 19.6. The number of carbonyl (C=O) groups is 2. The first kappa shape index (κ1) is 21.1. The average Bonchev–Trinajstić information content (AvgIpc) is 3.11. The minimum absolute atomic E-state index is 0.147. The Morgan fingerprint density at radius 2 is 1.82 bits per heavy atom. The Hall–Kier alpha value is -1.66. The molecular formula is C22H33N3O2S. The van der Waals surface area contributed by atoms with E-state index in [1.165, 1.54) is 49.7 Å². The van der Waals surface area contributed by atoms with Crippen molar-refractivity contribution in [2.75, 3.05) is 26.2 Å².